The molecule has 34 heavy (non-hydrogen) atoms. The first kappa shape index (κ1) is 24.3. The minimum atomic E-state index is -0.483. The molecule has 0 saturated heterocycles. The third kappa shape index (κ3) is 2.70. The quantitative estimate of drug-likeness (QED) is 0.454. The van der Waals surface area contributed by atoms with Gasteiger partial charge in [-0.1, -0.05) is 52.8 Å². The van der Waals surface area contributed by atoms with E-state index in [1.165, 1.54) is 24.8 Å². The fourth-order valence-electron chi connectivity index (χ4n) is 11.2. The first-order valence-corrected chi connectivity index (χ1v) is 13.8. The van der Waals surface area contributed by atoms with E-state index in [4.69, 9.17) is 0 Å². The third-order valence-electron chi connectivity index (χ3n) is 13.0. The van der Waals surface area contributed by atoms with Crippen molar-refractivity contribution >= 4 is 5.78 Å². The van der Waals surface area contributed by atoms with Crippen LogP contribution < -0.4 is 0 Å². The van der Waals surface area contributed by atoms with Gasteiger partial charge in [-0.2, -0.15) is 5.26 Å². The summed E-state index contributed by atoms with van der Waals surface area (Å²) in [4.78, 5) is 13.2. The zero-order chi connectivity index (χ0) is 24.9. The number of allylic oxidation sites excluding steroid dienone is 3. The van der Waals surface area contributed by atoms with Gasteiger partial charge in [0.15, 0.2) is 5.78 Å². The van der Waals surface area contributed by atoms with E-state index in [9.17, 15) is 15.2 Å². The lowest BCUT2D eigenvalue weighted by molar-refractivity contribution is -0.221. The number of rotatable bonds is 2. The smallest absolute Gasteiger partial charge is 0.178 e. The molecule has 4 fully saturated rings. The van der Waals surface area contributed by atoms with E-state index >= 15 is 0 Å². The van der Waals surface area contributed by atoms with Crippen LogP contribution in [0.1, 0.15) is 92.9 Å². The van der Waals surface area contributed by atoms with Crippen molar-refractivity contribution in [1.29, 1.82) is 5.26 Å². The Labute approximate surface area is 207 Å². The summed E-state index contributed by atoms with van der Waals surface area (Å²) in [6.07, 6.45) is 11.3. The van der Waals surface area contributed by atoms with Crippen molar-refractivity contribution in [1.82, 2.24) is 0 Å². The van der Waals surface area contributed by atoms with Gasteiger partial charge in [0.2, 0.25) is 0 Å². The number of carbonyl (C=O) groups excluding carboxylic acids is 1. The highest BCUT2D eigenvalue weighted by atomic mass is 16.3. The van der Waals surface area contributed by atoms with Crippen molar-refractivity contribution in [2.75, 3.05) is 6.61 Å². The Morgan fingerprint density at radius 1 is 1.03 bits per heavy atom. The molecule has 9 atom stereocenters. The number of fused-ring (bicyclic) bond motifs is 7. The van der Waals surface area contributed by atoms with Crippen LogP contribution in [0.5, 0.6) is 0 Å². The molecule has 5 rings (SSSR count). The number of carbonyl (C=O) groups is 1. The summed E-state index contributed by atoms with van der Waals surface area (Å²) in [7, 11) is 0. The lowest BCUT2D eigenvalue weighted by Gasteiger charge is -2.71. The normalized spacial score (nSPS) is 51.3. The molecular formula is C31H45NO2. The molecule has 0 spiro atoms. The maximum Gasteiger partial charge on any atom is 0.178 e. The van der Waals surface area contributed by atoms with Crippen LogP contribution in [-0.2, 0) is 4.79 Å². The van der Waals surface area contributed by atoms with Crippen molar-refractivity contribution in [2.24, 2.45) is 56.7 Å². The minimum Gasteiger partial charge on any atom is -0.396 e. The maximum atomic E-state index is 13.2. The zero-order valence-electron chi connectivity index (χ0n) is 22.3. The summed E-state index contributed by atoms with van der Waals surface area (Å²) < 4.78 is 0. The molecule has 3 heteroatoms. The van der Waals surface area contributed by atoms with E-state index in [0.29, 0.717) is 35.9 Å². The van der Waals surface area contributed by atoms with Crippen LogP contribution in [-0.4, -0.2) is 17.5 Å². The number of nitriles is 1. The Bertz CT molecular complexity index is 1000. The van der Waals surface area contributed by atoms with Crippen molar-refractivity contribution in [2.45, 2.75) is 92.9 Å². The van der Waals surface area contributed by atoms with Gasteiger partial charge in [-0.25, -0.2) is 0 Å². The number of Topliss-reactive ketones (excluding diaryl/α,β-unsaturated/α-hetero) is 1. The monoisotopic (exact) mass is 463 g/mol. The average Bonchev–Trinajstić information content (AvgIpc) is 3.17. The highest BCUT2D eigenvalue weighted by molar-refractivity contribution is 6.04. The molecule has 0 aromatic heterocycles. The Hall–Kier alpha value is -1.40. The fourth-order valence-corrected chi connectivity index (χ4v) is 11.2. The van der Waals surface area contributed by atoms with Crippen molar-refractivity contribution in [3.8, 4) is 6.07 Å². The molecule has 1 N–H and O–H groups in total. The van der Waals surface area contributed by atoms with Crippen LogP contribution in [0.15, 0.2) is 23.8 Å². The van der Waals surface area contributed by atoms with Gasteiger partial charge in [-0.3, -0.25) is 4.79 Å². The summed E-state index contributed by atoms with van der Waals surface area (Å²) >= 11 is 0. The summed E-state index contributed by atoms with van der Waals surface area (Å²) in [6.45, 7) is 18.6. The average molecular weight is 464 g/mol. The number of nitrogens with zero attached hydrogens (tertiary/aromatic N) is 1. The summed E-state index contributed by atoms with van der Waals surface area (Å²) in [5.74, 6) is 2.48. The molecular weight excluding hydrogens is 418 g/mol. The van der Waals surface area contributed by atoms with E-state index in [1.807, 2.05) is 0 Å². The molecule has 0 bridgehead atoms. The number of aliphatic hydroxyl groups excluding tert-OH is 1. The van der Waals surface area contributed by atoms with E-state index in [0.717, 1.165) is 32.1 Å². The molecule has 5 aliphatic carbocycles. The lowest BCUT2D eigenvalue weighted by atomic mass is 9.33. The molecule has 5 aliphatic rings. The van der Waals surface area contributed by atoms with Gasteiger partial charge in [-0.15, -0.1) is 0 Å². The Morgan fingerprint density at radius 2 is 1.74 bits per heavy atom. The minimum absolute atomic E-state index is 0.0432. The van der Waals surface area contributed by atoms with Gasteiger partial charge in [0.1, 0.15) is 6.07 Å². The highest BCUT2D eigenvalue weighted by Gasteiger charge is 2.70. The largest absolute Gasteiger partial charge is 0.396 e. The van der Waals surface area contributed by atoms with E-state index in [-0.39, 0.29) is 33.4 Å². The van der Waals surface area contributed by atoms with Crippen LogP contribution in [0.25, 0.3) is 0 Å². The van der Waals surface area contributed by atoms with E-state index in [1.54, 1.807) is 0 Å². The van der Waals surface area contributed by atoms with Crippen LogP contribution in [0, 0.1) is 68.0 Å². The standard InChI is InChI=1S/C31H45NO2/c1-19(2)21-10-13-31(18-33)15-14-29(6)22(25(21)31)8-9-24-28(5)16-20(17-32)26(34)27(3,4)23(28)11-12-30(24,29)7/h16,21-25,33H,1,8-15,18H2,2-7H3/t21-,22+,23-,24?,25?,28-,29+,30+,31+/m0/s1. The van der Waals surface area contributed by atoms with Gasteiger partial charge in [0.05, 0.1) is 5.57 Å². The SMILES string of the molecule is C=C(C)[C@@H]1CC[C@]2(CO)CC[C@]3(C)[C@H](CCC4[C@@]5(C)C=C(C#N)C(=O)C(C)(C)[C@@H]5CC[C@]43C)C12. The topological polar surface area (TPSA) is 61.1 Å². The maximum absolute atomic E-state index is 13.2. The molecule has 0 aromatic carbocycles. The van der Waals surface area contributed by atoms with Crippen LogP contribution in [0.3, 0.4) is 0 Å². The number of hydrogen-bond donors (Lipinski definition) is 1. The fraction of sp³-hybridized carbons (Fsp3) is 0.806. The predicted octanol–water partition coefficient (Wildman–Crippen LogP) is 6.88. The van der Waals surface area contributed by atoms with E-state index in [2.05, 4.69) is 60.3 Å². The molecule has 186 valence electrons. The molecule has 0 aromatic rings. The van der Waals surface area contributed by atoms with Crippen LogP contribution in [0.4, 0.5) is 0 Å². The zero-order valence-corrected chi connectivity index (χ0v) is 22.3. The predicted molar refractivity (Wildman–Crippen MR) is 136 cm³/mol. The number of ketones is 1. The number of hydrogen-bond acceptors (Lipinski definition) is 3. The second-order valence-corrected chi connectivity index (χ2v) is 14.3. The molecule has 0 heterocycles. The van der Waals surface area contributed by atoms with Crippen molar-refractivity contribution in [3.63, 3.8) is 0 Å². The molecule has 3 nitrogen and oxygen atoms in total. The van der Waals surface area contributed by atoms with Crippen LogP contribution in [0.2, 0.25) is 0 Å². The van der Waals surface area contributed by atoms with Gasteiger partial charge >= 0.3 is 0 Å². The van der Waals surface area contributed by atoms with E-state index < -0.39 is 5.41 Å². The molecule has 0 aliphatic heterocycles. The van der Waals surface area contributed by atoms with Gasteiger partial charge in [-0.05, 0) is 110 Å². The third-order valence-corrected chi connectivity index (χ3v) is 13.0. The molecule has 0 radical (unpaired) electrons. The molecule has 4 saturated carbocycles. The van der Waals surface area contributed by atoms with Crippen molar-refractivity contribution < 1.29 is 9.90 Å². The van der Waals surface area contributed by atoms with Gasteiger partial charge < -0.3 is 5.11 Å². The van der Waals surface area contributed by atoms with Crippen molar-refractivity contribution in [3.05, 3.63) is 23.8 Å². The summed E-state index contributed by atoms with van der Waals surface area (Å²) in [5, 5.41) is 20.5. The second-order valence-electron chi connectivity index (χ2n) is 14.3. The molecule has 2 unspecified atom stereocenters. The Balaban J connectivity index is 1.61. The number of aliphatic hydroxyl groups is 1. The summed E-state index contributed by atoms with van der Waals surface area (Å²) in [5.41, 5.74) is 1.53. The first-order valence-electron chi connectivity index (χ1n) is 13.8. The van der Waals surface area contributed by atoms with Gasteiger partial charge in [0, 0.05) is 12.0 Å². The molecule has 0 amide bonds. The second kappa shape index (κ2) is 7.32. The van der Waals surface area contributed by atoms with Gasteiger partial charge in [0.25, 0.3) is 0 Å². The first-order chi connectivity index (χ1) is 15.8. The highest BCUT2D eigenvalue weighted by Crippen LogP contribution is 2.76. The van der Waals surface area contributed by atoms with Crippen LogP contribution >= 0.6 is 0 Å². The lowest BCUT2D eigenvalue weighted by Crippen LogP contribution is -2.66. The Morgan fingerprint density at radius 3 is 2.35 bits per heavy atom. The summed E-state index contributed by atoms with van der Waals surface area (Å²) in [6, 6.07) is 2.28. The Kier molecular flexibility index (Phi) is 5.23.